The van der Waals surface area contributed by atoms with E-state index in [1.165, 1.54) is 64.1 Å². The maximum absolute atomic E-state index is 14.0. The van der Waals surface area contributed by atoms with Gasteiger partial charge in [-0.1, -0.05) is 30.3 Å². The van der Waals surface area contributed by atoms with Crippen LogP contribution in [0.3, 0.4) is 0 Å². The van der Waals surface area contributed by atoms with Crippen molar-refractivity contribution in [1.82, 2.24) is 10.2 Å². The highest BCUT2D eigenvalue weighted by Crippen LogP contribution is 2.50. The Kier molecular flexibility index (Phi) is 11.0. The van der Waals surface area contributed by atoms with Gasteiger partial charge >= 0.3 is 23.9 Å². The minimum atomic E-state index is -2.70. The van der Waals surface area contributed by atoms with Gasteiger partial charge in [0.25, 0.3) is 11.4 Å². The summed E-state index contributed by atoms with van der Waals surface area (Å²) in [6.45, 7) is 4.85. The van der Waals surface area contributed by atoms with Gasteiger partial charge in [-0.3, -0.25) is 30.4 Å². The van der Waals surface area contributed by atoms with Crippen molar-refractivity contribution in [2.75, 3.05) is 26.4 Å². The molecule has 1 saturated heterocycles. The van der Waals surface area contributed by atoms with Crippen LogP contribution in [0, 0.1) is 20.2 Å². The fraction of sp³-hybridized carbons (Fsp3) is 0.429. The van der Waals surface area contributed by atoms with Gasteiger partial charge in [-0.05, 0) is 33.8 Å². The van der Waals surface area contributed by atoms with Crippen LogP contribution in [0.25, 0.3) is 0 Å². The summed E-state index contributed by atoms with van der Waals surface area (Å²) in [4.78, 5) is 78.9. The van der Waals surface area contributed by atoms with Crippen molar-refractivity contribution in [3.63, 3.8) is 0 Å². The molecule has 0 unspecified atom stereocenters. The number of ether oxygens (including phenoxy) is 4. The molecule has 2 atom stereocenters. The Morgan fingerprint density at radius 1 is 0.750 bits per heavy atom. The Labute approximate surface area is 251 Å². The van der Waals surface area contributed by atoms with Crippen molar-refractivity contribution < 1.29 is 48.0 Å². The third-order valence-corrected chi connectivity index (χ3v) is 6.74. The predicted octanol–water partition coefficient (Wildman–Crippen LogP) is 2.51. The maximum Gasteiger partial charge on any atom is 0.340 e. The molecular formula is C28H32N4O12. The van der Waals surface area contributed by atoms with Gasteiger partial charge in [0.1, 0.15) is 0 Å². The second-order valence-corrected chi connectivity index (χ2v) is 9.18. The largest absolute Gasteiger partial charge is 0.464 e. The van der Waals surface area contributed by atoms with Crippen LogP contribution in [0.2, 0.25) is 0 Å². The van der Waals surface area contributed by atoms with Gasteiger partial charge in [-0.2, -0.15) is 0 Å². The molecule has 0 aliphatic carbocycles. The minimum absolute atomic E-state index is 0.199. The number of esters is 4. The van der Waals surface area contributed by atoms with Crippen LogP contribution in [0.4, 0.5) is 11.4 Å². The molecule has 16 heteroatoms. The summed E-state index contributed by atoms with van der Waals surface area (Å²) < 4.78 is 20.9. The fourth-order valence-corrected chi connectivity index (χ4v) is 5.14. The first-order valence-electron chi connectivity index (χ1n) is 13.7. The summed E-state index contributed by atoms with van der Waals surface area (Å²) in [6, 6.07) is 6.21. The SMILES string of the molecule is CCOC(=O)C(C(=O)OCC)N1[C@@H](c2ccccc2[N+](=O)[O-])NC(C(=O)OCC)(C(=O)OCC)[C@H]1c1ccccc1[N+](=O)[O-]. The van der Waals surface area contributed by atoms with E-state index in [0.29, 0.717) is 0 Å². The fourth-order valence-electron chi connectivity index (χ4n) is 5.14. The third-order valence-electron chi connectivity index (χ3n) is 6.74. The average molecular weight is 617 g/mol. The van der Waals surface area contributed by atoms with Gasteiger partial charge in [0.2, 0.25) is 11.6 Å². The van der Waals surface area contributed by atoms with Crippen molar-refractivity contribution in [2.24, 2.45) is 0 Å². The first kappa shape index (κ1) is 33.5. The molecule has 0 radical (unpaired) electrons. The smallest absolute Gasteiger partial charge is 0.340 e. The Morgan fingerprint density at radius 2 is 1.16 bits per heavy atom. The van der Waals surface area contributed by atoms with Gasteiger partial charge in [-0.25, -0.2) is 19.2 Å². The summed E-state index contributed by atoms with van der Waals surface area (Å²) >= 11 is 0. The first-order chi connectivity index (χ1) is 21.0. The Hall–Kier alpha value is -4.96. The first-order valence-corrected chi connectivity index (χ1v) is 13.7. The minimum Gasteiger partial charge on any atom is -0.464 e. The lowest BCUT2D eigenvalue weighted by atomic mass is 9.84. The maximum atomic E-state index is 14.0. The number of carbonyl (C=O) groups excluding carboxylic acids is 4. The van der Waals surface area contributed by atoms with Crippen molar-refractivity contribution >= 4 is 35.3 Å². The number of nitrogens with zero attached hydrogens (tertiary/aromatic N) is 3. The second kappa shape index (κ2) is 14.5. The van der Waals surface area contributed by atoms with Gasteiger partial charge in [0.05, 0.1) is 59.6 Å². The molecule has 1 heterocycles. The molecular weight excluding hydrogens is 584 g/mol. The Bertz CT molecular complexity index is 1390. The average Bonchev–Trinajstić information content (AvgIpc) is 3.34. The molecule has 1 aliphatic heterocycles. The summed E-state index contributed by atoms with van der Waals surface area (Å²) in [5.74, 6) is -4.97. The lowest BCUT2D eigenvalue weighted by molar-refractivity contribution is -0.386. The monoisotopic (exact) mass is 616 g/mol. The van der Waals surface area contributed by atoms with E-state index in [1.54, 1.807) is 0 Å². The number of nitro benzene ring substituents is 2. The third kappa shape index (κ3) is 6.21. The molecule has 1 aliphatic rings. The predicted molar refractivity (Wildman–Crippen MR) is 150 cm³/mol. The summed E-state index contributed by atoms with van der Waals surface area (Å²) in [5, 5.41) is 27.2. The quantitative estimate of drug-likeness (QED) is 0.113. The molecule has 1 fully saturated rings. The molecule has 236 valence electrons. The van der Waals surface area contributed by atoms with E-state index < -0.39 is 68.9 Å². The van der Waals surface area contributed by atoms with Crippen LogP contribution in [-0.4, -0.2) is 76.6 Å². The van der Waals surface area contributed by atoms with Gasteiger partial charge in [-0.15, -0.1) is 0 Å². The topological polar surface area (TPSA) is 207 Å². The normalized spacial score (nSPS) is 17.5. The van der Waals surface area contributed by atoms with E-state index in [-0.39, 0.29) is 37.6 Å². The molecule has 0 bridgehead atoms. The Morgan fingerprint density at radius 3 is 1.59 bits per heavy atom. The van der Waals surface area contributed by atoms with Crippen molar-refractivity contribution in [3.8, 4) is 0 Å². The molecule has 0 saturated carbocycles. The molecule has 2 aromatic carbocycles. The summed E-state index contributed by atoms with van der Waals surface area (Å²) in [6.07, 6.45) is -1.69. The van der Waals surface area contributed by atoms with E-state index >= 15 is 0 Å². The number of carbonyl (C=O) groups is 4. The van der Waals surface area contributed by atoms with Crippen molar-refractivity contribution in [1.29, 1.82) is 0 Å². The number of nitrogens with one attached hydrogen (secondary N) is 1. The van der Waals surface area contributed by atoms with E-state index in [9.17, 15) is 39.4 Å². The number of hydrogen-bond donors (Lipinski definition) is 1. The van der Waals surface area contributed by atoms with E-state index in [2.05, 4.69) is 5.32 Å². The van der Waals surface area contributed by atoms with Crippen LogP contribution in [0.1, 0.15) is 51.0 Å². The number of benzene rings is 2. The molecule has 0 amide bonds. The highest BCUT2D eigenvalue weighted by Gasteiger charge is 2.68. The summed E-state index contributed by atoms with van der Waals surface area (Å²) in [7, 11) is 0. The Balaban J connectivity index is 2.58. The van der Waals surface area contributed by atoms with Gasteiger partial charge in [0, 0.05) is 12.1 Å². The molecule has 1 N–H and O–H groups in total. The van der Waals surface area contributed by atoms with E-state index in [1.807, 2.05) is 0 Å². The molecule has 16 nitrogen and oxygen atoms in total. The van der Waals surface area contributed by atoms with Crippen molar-refractivity contribution in [2.45, 2.75) is 51.5 Å². The number of hydrogen-bond acceptors (Lipinski definition) is 14. The standard InChI is InChI=1S/C28H32N4O12/c1-5-41-24(33)21(25(34)42-6-2)30-22(17-13-9-11-15-19(17)31(37)38)28(26(35)43-7-3,27(36)44-8-4)29-23(30)18-14-10-12-16-20(18)32(39)40/h9-16,21-23,29H,5-8H2,1-4H3/t22-,23+/m1/s1. The molecule has 44 heavy (non-hydrogen) atoms. The molecule has 2 aromatic rings. The molecule has 0 aromatic heterocycles. The second-order valence-electron chi connectivity index (χ2n) is 9.18. The number of nitro groups is 2. The zero-order valence-corrected chi connectivity index (χ0v) is 24.4. The van der Waals surface area contributed by atoms with Crippen LogP contribution >= 0.6 is 0 Å². The van der Waals surface area contributed by atoms with Crippen LogP contribution in [-0.2, 0) is 38.1 Å². The van der Waals surface area contributed by atoms with Gasteiger partial charge < -0.3 is 18.9 Å². The van der Waals surface area contributed by atoms with Crippen LogP contribution in [0.15, 0.2) is 48.5 Å². The van der Waals surface area contributed by atoms with E-state index in [4.69, 9.17) is 18.9 Å². The highest BCUT2D eigenvalue weighted by atomic mass is 16.6. The lowest BCUT2D eigenvalue weighted by Crippen LogP contribution is -2.60. The van der Waals surface area contributed by atoms with Crippen LogP contribution in [0.5, 0.6) is 0 Å². The number of para-hydroxylation sites is 2. The number of rotatable bonds is 13. The van der Waals surface area contributed by atoms with E-state index in [0.717, 1.165) is 17.0 Å². The summed E-state index contributed by atoms with van der Waals surface area (Å²) in [5.41, 5.74) is -4.34. The molecule has 0 spiro atoms. The van der Waals surface area contributed by atoms with Gasteiger partial charge in [0.15, 0.2) is 0 Å². The zero-order valence-electron chi connectivity index (χ0n) is 24.4. The molecule has 3 rings (SSSR count). The highest BCUT2D eigenvalue weighted by molar-refractivity contribution is 6.08. The van der Waals surface area contributed by atoms with Crippen LogP contribution < -0.4 is 5.32 Å². The lowest BCUT2D eigenvalue weighted by Gasteiger charge is -2.36. The zero-order chi connectivity index (χ0) is 32.6. The van der Waals surface area contributed by atoms with Crippen molar-refractivity contribution in [3.05, 3.63) is 79.9 Å².